The molecule has 7 heteroatoms. The highest BCUT2D eigenvalue weighted by atomic mass is 79.9. The van der Waals surface area contributed by atoms with Crippen LogP contribution in [0.1, 0.15) is 12.8 Å². The van der Waals surface area contributed by atoms with Crippen LogP contribution in [0.4, 0.5) is 5.69 Å². The molecule has 1 aliphatic rings. The van der Waals surface area contributed by atoms with E-state index in [9.17, 15) is 14.7 Å². The largest absolute Gasteiger partial charge is 0.481 e. The Hall–Kier alpha value is -1.78. The molecule has 0 spiro atoms. The van der Waals surface area contributed by atoms with E-state index in [-0.39, 0.29) is 5.91 Å². The summed E-state index contributed by atoms with van der Waals surface area (Å²) in [5, 5.41) is 22.6. The number of nitrogens with one attached hydrogen (secondary N) is 1. The van der Waals surface area contributed by atoms with E-state index in [1.807, 2.05) is 11.5 Å². The van der Waals surface area contributed by atoms with Gasteiger partial charge in [-0.1, -0.05) is 12.2 Å². The number of nitrogens with zero attached hydrogens (tertiary/aromatic N) is 1. The molecule has 1 amide bonds. The molecule has 0 heterocycles. The molecule has 1 aromatic rings. The van der Waals surface area contributed by atoms with Crippen LogP contribution in [0.15, 0.2) is 39.7 Å². The highest BCUT2D eigenvalue weighted by Gasteiger charge is 2.34. The molecule has 1 aromatic carbocycles. The maximum absolute atomic E-state index is 12.4. The Balaban J connectivity index is 2.13. The molecule has 0 fully saturated rings. The number of hydrogen-bond acceptors (Lipinski definition) is 4. The zero-order valence-electron chi connectivity index (χ0n) is 11.5. The second-order valence-electron chi connectivity index (χ2n) is 4.82. The summed E-state index contributed by atoms with van der Waals surface area (Å²) in [7, 11) is 0. The molecular formula is C15H13BrN2O3S. The molecule has 0 bridgehead atoms. The van der Waals surface area contributed by atoms with Crippen molar-refractivity contribution in [2.45, 2.75) is 17.7 Å². The number of thioether (sulfide) groups is 1. The monoisotopic (exact) mass is 380 g/mol. The summed E-state index contributed by atoms with van der Waals surface area (Å²) < 4.78 is 0.652. The van der Waals surface area contributed by atoms with Gasteiger partial charge in [0.1, 0.15) is 5.40 Å². The van der Waals surface area contributed by atoms with Crippen molar-refractivity contribution >= 4 is 45.3 Å². The topological polar surface area (TPSA) is 90.2 Å². The lowest BCUT2D eigenvalue weighted by atomic mass is 9.82. The van der Waals surface area contributed by atoms with Gasteiger partial charge in [0, 0.05) is 9.37 Å². The normalized spacial score (nSPS) is 20.2. The van der Waals surface area contributed by atoms with Crippen LogP contribution in [0.25, 0.3) is 0 Å². The molecule has 114 valence electrons. The van der Waals surface area contributed by atoms with Gasteiger partial charge in [0.05, 0.1) is 17.5 Å². The van der Waals surface area contributed by atoms with Crippen LogP contribution >= 0.6 is 27.7 Å². The van der Waals surface area contributed by atoms with Crippen molar-refractivity contribution in [1.82, 2.24) is 0 Å². The first kappa shape index (κ1) is 16.6. The van der Waals surface area contributed by atoms with Gasteiger partial charge in [0.15, 0.2) is 0 Å². The Morgan fingerprint density at radius 2 is 2.00 bits per heavy atom. The fourth-order valence-corrected chi connectivity index (χ4v) is 3.36. The van der Waals surface area contributed by atoms with Crippen LogP contribution in [-0.2, 0) is 9.59 Å². The molecule has 0 aliphatic heterocycles. The molecule has 2 N–H and O–H groups in total. The minimum Gasteiger partial charge on any atom is -0.481 e. The van der Waals surface area contributed by atoms with E-state index in [1.54, 1.807) is 24.3 Å². The fraction of sp³-hybridized carbons (Fsp3) is 0.267. The second kappa shape index (κ2) is 7.47. The van der Waals surface area contributed by atoms with E-state index in [2.05, 4.69) is 21.2 Å². The van der Waals surface area contributed by atoms with Crippen LogP contribution in [0.5, 0.6) is 0 Å². The van der Waals surface area contributed by atoms with Crippen molar-refractivity contribution in [2.75, 3.05) is 5.32 Å². The summed E-state index contributed by atoms with van der Waals surface area (Å²) in [6.07, 6.45) is 4.42. The minimum absolute atomic E-state index is 0.307. The Kier molecular flexibility index (Phi) is 5.63. The number of carboxylic acids is 1. The predicted octanol–water partition coefficient (Wildman–Crippen LogP) is 3.63. The first-order valence-electron chi connectivity index (χ1n) is 6.57. The number of carboxylic acid groups (broad SMARTS) is 1. The summed E-state index contributed by atoms with van der Waals surface area (Å²) in [5.74, 6) is -2.54. The van der Waals surface area contributed by atoms with Crippen LogP contribution in [-0.4, -0.2) is 17.0 Å². The van der Waals surface area contributed by atoms with Gasteiger partial charge >= 0.3 is 5.97 Å². The number of aliphatic carboxylic acids is 1. The van der Waals surface area contributed by atoms with Crippen LogP contribution in [0, 0.1) is 22.5 Å². The van der Waals surface area contributed by atoms with Crippen molar-refractivity contribution in [2.24, 2.45) is 11.8 Å². The molecule has 2 atom stereocenters. The number of carbonyl (C=O) groups excluding carboxylic acids is 1. The molecule has 0 aromatic heterocycles. The lowest BCUT2D eigenvalue weighted by molar-refractivity contribution is -0.146. The average Bonchev–Trinajstić information content (AvgIpc) is 2.50. The van der Waals surface area contributed by atoms with Crippen molar-refractivity contribution in [3.63, 3.8) is 0 Å². The third-order valence-electron chi connectivity index (χ3n) is 3.45. The lowest BCUT2D eigenvalue weighted by Gasteiger charge is -2.24. The molecule has 1 aliphatic carbocycles. The maximum Gasteiger partial charge on any atom is 0.307 e. The number of allylic oxidation sites excluding steroid dienone is 2. The zero-order valence-corrected chi connectivity index (χ0v) is 13.9. The van der Waals surface area contributed by atoms with Gasteiger partial charge in [-0.25, -0.2) is 0 Å². The summed E-state index contributed by atoms with van der Waals surface area (Å²) in [6.45, 7) is 0. The van der Waals surface area contributed by atoms with Gasteiger partial charge in [-0.15, -0.1) is 0 Å². The second-order valence-corrected chi connectivity index (χ2v) is 6.53. The Bertz CT molecular complexity index is 669. The van der Waals surface area contributed by atoms with Gasteiger partial charge in [-0.3, -0.25) is 9.59 Å². The van der Waals surface area contributed by atoms with Crippen molar-refractivity contribution in [3.05, 3.63) is 34.8 Å². The number of halogens is 1. The van der Waals surface area contributed by atoms with Crippen LogP contribution < -0.4 is 5.32 Å². The number of anilines is 1. The highest BCUT2D eigenvalue weighted by Crippen LogP contribution is 2.31. The van der Waals surface area contributed by atoms with Crippen LogP contribution in [0.3, 0.4) is 0 Å². The number of nitriles is 1. The van der Waals surface area contributed by atoms with Gasteiger partial charge in [0.25, 0.3) is 0 Å². The summed E-state index contributed by atoms with van der Waals surface area (Å²) in [4.78, 5) is 24.4. The zero-order chi connectivity index (χ0) is 16.1. The number of hydrogen-bond donors (Lipinski definition) is 2. The molecular weight excluding hydrogens is 368 g/mol. The summed E-state index contributed by atoms with van der Waals surface area (Å²) in [6, 6.07) is 5.15. The number of amides is 1. The van der Waals surface area contributed by atoms with E-state index < -0.39 is 17.8 Å². The summed E-state index contributed by atoms with van der Waals surface area (Å²) >= 11 is 4.37. The average molecular weight is 381 g/mol. The van der Waals surface area contributed by atoms with E-state index in [1.165, 1.54) is 0 Å². The molecule has 22 heavy (non-hydrogen) atoms. The third kappa shape index (κ3) is 3.90. The Morgan fingerprint density at radius 3 is 2.59 bits per heavy atom. The van der Waals surface area contributed by atoms with E-state index >= 15 is 0 Å². The van der Waals surface area contributed by atoms with Gasteiger partial charge < -0.3 is 10.4 Å². The van der Waals surface area contributed by atoms with E-state index in [4.69, 9.17) is 5.26 Å². The molecule has 0 radical (unpaired) electrons. The third-order valence-corrected chi connectivity index (χ3v) is 4.69. The number of benzene rings is 1. The highest BCUT2D eigenvalue weighted by molar-refractivity contribution is 9.10. The van der Waals surface area contributed by atoms with Gasteiger partial charge in [-0.2, -0.15) is 5.26 Å². The lowest BCUT2D eigenvalue weighted by Crippen LogP contribution is -2.34. The van der Waals surface area contributed by atoms with Gasteiger partial charge in [-0.05, 0) is 58.7 Å². The first-order chi connectivity index (χ1) is 10.5. The maximum atomic E-state index is 12.4. The van der Waals surface area contributed by atoms with Gasteiger partial charge in [0.2, 0.25) is 5.91 Å². The summed E-state index contributed by atoms with van der Waals surface area (Å²) in [5.41, 5.74) is 0.561. The standard InChI is InChI=1S/C15H13BrN2O3S/c16-12-7-9(22-8-17)5-6-13(12)18-14(19)10-3-1-2-4-11(10)15(20)21/h1-2,5-7,10-11H,3-4H2,(H,18,19)(H,20,21)/t10-,11+/m0/s1. The number of rotatable bonds is 4. The predicted molar refractivity (Wildman–Crippen MR) is 87.2 cm³/mol. The van der Waals surface area contributed by atoms with E-state index in [0.717, 1.165) is 16.7 Å². The fourth-order valence-electron chi connectivity index (χ4n) is 2.32. The number of thiocyanates is 1. The molecule has 0 unspecified atom stereocenters. The van der Waals surface area contributed by atoms with E-state index in [0.29, 0.717) is 23.0 Å². The molecule has 2 rings (SSSR count). The molecule has 0 saturated heterocycles. The van der Waals surface area contributed by atoms with Crippen molar-refractivity contribution in [3.8, 4) is 5.40 Å². The molecule has 0 saturated carbocycles. The quantitative estimate of drug-likeness (QED) is 0.472. The Morgan fingerprint density at radius 1 is 1.32 bits per heavy atom. The smallest absolute Gasteiger partial charge is 0.307 e. The van der Waals surface area contributed by atoms with Crippen molar-refractivity contribution in [1.29, 1.82) is 5.26 Å². The first-order valence-corrected chi connectivity index (χ1v) is 8.18. The minimum atomic E-state index is -0.954. The number of carbonyl (C=O) groups is 2. The molecule has 5 nitrogen and oxygen atoms in total. The van der Waals surface area contributed by atoms with Crippen molar-refractivity contribution < 1.29 is 14.7 Å². The Labute approximate surface area is 140 Å². The SMILES string of the molecule is N#CSc1ccc(NC(=O)[C@H]2CC=CC[C@H]2C(=O)O)c(Br)c1. The van der Waals surface area contributed by atoms with Crippen LogP contribution in [0.2, 0.25) is 0 Å².